The van der Waals surface area contributed by atoms with Gasteiger partial charge in [-0.15, -0.1) is 0 Å². The van der Waals surface area contributed by atoms with Crippen LogP contribution < -0.4 is 15.1 Å². The molecule has 0 spiro atoms. The molecule has 2 aliphatic rings. The van der Waals surface area contributed by atoms with Crippen LogP contribution in [0, 0.1) is 5.92 Å². The third-order valence-corrected chi connectivity index (χ3v) is 5.63. The van der Waals surface area contributed by atoms with Gasteiger partial charge in [0.15, 0.2) is 0 Å². The van der Waals surface area contributed by atoms with Gasteiger partial charge in [-0.05, 0) is 54.4 Å². The van der Waals surface area contributed by atoms with Crippen LogP contribution in [0.4, 0.5) is 30.2 Å². The third-order valence-electron chi connectivity index (χ3n) is 5.63. The second kappa shape index (κ2) is 7.72. The Morgan fingerprint density at radius 2 is 1.81 bits per heavy atom. The van der Waals surface area contributed by atoms with Crippen LogP contribution in [0.2, 0.25) is 0 Å². The monoisotopic (exact) mass is 431 g/mol. The van der Waals surface area contributed by atoms with Crippen molar-refractivity contribution in [2.75, 3.05) is 28.2 Å². The van der Waals surface area contributed by atoms with E-state index in [1.807, 2.05) is 12.1 Å². The van der Waals surface area contributed by atoms with Gasteiger partial charge in [-0.1, -0.05) is 0 Å². The molecule has 2 aromatic carbocycles. The van der Waals surface area contributed by atoms with E-state index in [1.54, 1.807) is 11.0 Å². The summed E-state index contributed by atoms with van der Waals surface area (Å²) in [6, 6.07) is 9.61. The molecule has 0 aromatic heterocycles. The van der Waals surface area contributed by atoms with E-state index < -0.39 is 23.6 Å². The molecule has 1 saturated heterocycles. The molecule has 0 aliphatic carbocycles. The zero-order valence-electron chi connectivity index (χ0n) is 16.7. The number of nitrogens with zero attached hydrogens (tertiary/aromatic N) is 2. The molecule has 2 aromatic rings. The number of alkyl halides is 3. The molecule has 0 radical (unpaired) electrons. The Bertz CT molecular complexity index is 1050. The van der Waals surface area contributed by atoms with Crippen molar-refractivity contribution in [3.8, 4) is 0 Å². The third kappa shape index (κ3) is 4.12. The van der Waals surface area contributed by atoms with Gasteiger partial charge < -0.3 is 15.1 Å². The Morgan fingerprint density at radius 1 is 1.10 bits per heavy atom. The number of carbonyl (C=O) groups is 3. The minimum Gasteiger partial charge on any atom is -0.326 e. The van der Waals surface area contributed by atoms with Gasteiger partial charge >= 0.3 is 6.18 Å². The van der Waals surface area contributed by atoms with Crippen molar-refractivity contribution >= 4 is 34.8 Å². The highest BCUT2D eigenvalue weighted by Crippen LogP contribution is 2.34. The Hall–Kier alpha value is -3.36. The van der Waals surface area contributed by atoms with Gasteiger partial charge in [0.05, 0.1) is 11.5 Å². The van der Waals surface area contributed by atoms with Gasteiger partial charge in [0.1, 0.15) is 0 Å². The van der Waals surface area contributed by atoms with E-state index in [-0.39, 0.29) is 30.5 Å². The molecule has 162 valence electrons. The number of rotatable bonds is 3. The lowest BCUT2D eigenvalue weighted by atomic mass is 10.1. The lowest BCUT2D eigenvalue weighted by molar-refractivity contribution is -0.137. The van der Waals surface area contributed by atoms with Crippen molar-refractivity contribution in [1.82, 2.24) is 0 Å². The number of amides is 3. The first-order valence-electron chi connectivity index (χ1n) is 9.83. The van der Waals surface area contributed by atoms with Crippen molar-refractivity contribution in [2.24, 2.45) is 5.92 Å². The van der Waals surface area contributed by atoms with Gasteiger partial charge in [-0.2, -0.15) is 13.2 Å². The molecular weight excluding hydrogens is 411 g/mol. The molecule has 6 nitrogen and oxygen atoms in total. The summed E-state index contributed by atoms with van der Waals surface area (Å²) >= 11 is 0. The topological polar surface area (TPSA) is 69.7 Å². The van der Waals surface area contributed by atoms with Crippen LogP contribution in [0.3, 0.4) is 0 Å². The van der Waals surface area contributed by atoms with Crippen LogP contribution >= 0.6 is 0 Å². The Kier molecular flexibility index (Phi) is 5.20. The molecule has 4 rings (SSSR count). The number of benzene rings is 2. The van der Waals surface area contributed by atoms with Gasteiger partial charge in [-0.25, -0.2) is 0 Å². The van der Waals surface area contributed by atoms with Gasteiger partial charge in [0, 0.05) is 43.5 Å². The van der Waals surface area contributed by atoms with Crippen LogP contribution in [0.1, 0.15) is 24.5 Å². The first kappa shape index (κ1) is 20.9. The van der Waals surface area contributed by atoms with E-state index in [0.29, 0.717) is 18.7 Å². The largest absolute Gasteiger partial charge is 0.416 e. The highest BCUT2D eigenvalue weighted by atomic mass is 19.4. The van der Waals surface area contributed by atoms with E-state index in [9.17, 15) is 27.6 Å². The number of fused-ring (bicyclic) bond motifs is 1. The molecule has 1 atom stereocenters. The highest BCUT2D eigenvalue weighted by molar-refractivity contribution is 6.04. The molecule has 2 aliphatic heterocycles. The second-order valence-electron chi connectivity index (χ2n) is 7.70. The van der Waals surface area contributed by atoms with Gasteiger partial charge in [0.2, 0.25) is 17.7 Å². The van der Waals surface area contributed by atoms with E-state index in [4.69, 9.17) is 0 Å². The average molecular weight is 431 g/mol. The average Bonchev–Trinajstić information content (AvgIpc) is 3.30. The summed E-state index contributed by atoms with van der Waals surface area (Å²) in [4.78, 5) is 40.0. The Balaban J connectivity index is 1.44. The summed E-state index contributed by atoms with van der Waals surface area (Å²) in [6.07, 6.45) is -3.73. The van der Waals surface area contributed by atoms with E-state index >= 15 is 0 Å². The highest BCUT2D eigenvalue weighted by Gasteiger charge is 2.36. The van der Waals surface area contributed by atoms with Crippen LogP contribution in [0.25, 0.3) is 0 Å². The van der Waals surface area contributed by atoms with Crippen molar-refractivity contribution in [3.05, 3.63) is 53.6 Å². The zero-order valence-corrected chi connectivity index (χ0v) is 16.7. The smallest absolute Gasteiger partial charge is 0.326 e. The summed E-state index contributed by atoms with van der Waals surface area (Å²) in [5, 5.41) is 2.59. The van der Waals surface area contributed by atoms with Crippen molar-refractivity contribution in [2.45, 2.75) is 25.9 Å². The molecule has 0 unspecified atom stereocenters. The summed E-state index contributed by atoms with van der Waals surface area (Å²) in [5.41, 5.74) is 1.91. The van der Waals surface area contributed by atoms with Gasteiger partial charge in [-0.3, -0.25) is 14.4 Å². The fraction of sp³-hybridized carbons (Fsp3) is 0.318. The van der Waals surface area contributed by atoms with Crippen LogP contribution in [-0.4, -0.2) is 30.8 Å². The molecule has 1 fully saturated rings. The fourth-order valence-electron chi connectivity index (χ4n) is 4.00. The van der Waals surface area contributed by atoms with E-state index in [1.165, 1.54) is 24.0 Å². The molecule has 31 heavy (non-hydrogen) atoms. The first-order valence-corrected chi connectivity index (χ1v) is 9.83. The Labute approximate surface area is 176 Å². The number of hydrogen-bond acceptors (Lipinski definition) is 3. The molecule has 2 heterocycles. The maximum atomic E-state index is 12.7. The standard InChI is InChI=1S/C22H20F3N3O3/c1-13(29)27-9-8-14-10-18(6-7-19(14)27)28-12-15(11-20(28)30)21(31)26-17-4-2-16(3-5-17)22(23,24)25/h2-7,10,15H,8-9,11-12H2,1H3,(H,26,31)/t15-/m0/s1. The zero-order chi connectivity index (χ0) is 22.3. The van der Waals surface area contributed by atoms with E-state index in [2.05, 4.69) is 5.32 Å². The van der Waals surface area contributed by atoms with Crippen LogP contribution in [0.15, 0.2) is 42.5 Å². The summed E-state index contributed by atoms with van der Waals surface area (Å²) < 4.78 is 38.0. The summed E-state index contributed by atoms with van der Waals surface area (Å²) in [6.45, 7) is 2.29. The minimum absolute atomic E-state index is 0.0170. The van der Waals surface area contributed by atoms with E-state index in [0.717, 1.165) is 23.4 Å². The first-order chi connectivity index (χ1) is 14.6. The lowest BCUT2D eigenvalue weighted by Crippen LogP contribution is -2.28. The normalized spacial score (nSPS) is 18.3. The molecule has 3 amide bonds. The number of halogens is 3. The predicted octanol–water partition coefficient (Wildman–Crippen LogP) is 3.61. The molecular formula is C22H20F3N3O3. The summed E-state index contributed by atoms with van der Waals surface area (Å²) in [7, 11) is 0. The number of nitrogens with one attached hydrogen (secondary N) is 1. The summed E-state index contributed by atoms with van der Waals surface area (Å²) in [5.74, 6) is -1.27. The molecule has 1 N–H and O–H groups in total. The van der Waals surface area contributed by atoms with Crippen molar-refractivity contribution in [3.63, 3.8) is 0 Å². The number of anilines is 3. The van der Waals surface area contributed by atoms with Crippen molar-refractivity contribution in [1.29, 1.82) is 0 Å². The van der Waals surface area contributed by atoms with Crippen molar-refractivity contribution < 1.29 is 27.6 Å². The maximum Gasteiger partial charge on any atom is 0.416 e. The molecule has 0 saturated carbocycles. The Morgan fingerprint density at radius 3 is 2.45 bits per heavy atom. The molecule has 0 bridgehead atoms. The maximum absolute atomic E-state index is 12.7. The van der Waals surface area contributed by atoms with Gasteiger partial charge in [0.25, 0.3) is 0 Å². The quantitative estimate of drug-likeness (QED) is 0.807. The molecule has 9 heteroatoms. The second-order valence-corrected chi connectivity index (χ2v) is 7.70. The predicted molar refractivity (Wildman–Crippen MR) is 109 cm³/mol. The number of carbonyl (C=O) groups excluding carboxylic acids is 3. The number of hydrogen-bond donors (Lipinski definition) is 1. The minimum atomic E-state index is -4.45. The van der Waals surface area contributed by atoms with Crippen LogP contribution in [0.5, 0.6) is 0 Å². The van der Waals surface area contributed by atoms with Crippen LogP contribution in [-0.2, 0) is 27.0 Å². The SMILES string of the molecule is CC(=O)N1CCc2cc(N3C[C@@H](C(=O)Nc4ccc(C(F)(F)F)cc4)CC3=O)ccc21. The lowest BCUT2D eigenvalue weighted by Gasteiger charge is -2.19. The fourth-order valence-corrected chi connectivity index (χ4v) is 4.00.